The van der Waals surface area contributed by atoms with Gasteiger partial charge < -0.3 is 10.6 Å². The van der Waals surface area contributed by atoms with Gasteiger partial charge in [-0.2, -0.15) is 5.26 Å². The van der Waals surface area contributed by atoms with E-state index in [1.54, 1.807) is 6.20 Å². The molecule has 5 heteroatoms. The zero-order valence-corrected chi connectivity index (χ0v) is 9.11. The van der Waals surface area contributed by atoms with E-state index >= 15 is 0 Å². The highest BCUT2D eigenvalue weighted by Gasteiger charge is 2.12. The smallest absolute Gasteiger partial charge is 0.158 e. The third kappa shape index (κ3) is 2.91. The molecule has 0 unspecified atom stereocenters. The number of nitriles is 1. The Kier molecular flexibility index (Phi) is 3.67. The maximum atomic E-state index is 8.58. The molecule has 84 valence electrons. The number of nitrogens with zero attached hydrogens (tertiary/aromatic N) is 3. The molecule has 1 fully saturated rings. The number of rotatable bonds is 3. The minimum absolute atomic E-state index is 0.354. The summed E-state index contributed by atoms with van der Waals surface area (Å²) in [4.78, 5) is 8.08. The van der Waals surface area contributed by atoms with Crippen molar-refractivity contribution < 1.29 is 0 Å². The van der Waals surface area contributed by atoms with Crippen LogP contribution in [0.25, 0.3) is 0 Å². The minimum atomic E-state index is 0.354. The van der Waals surface area contributed by atoms with E-state index in [9.17, 15) is 0 Å². The van der Waals surface area contributed by atoms with Crippen molar-refractivity contribution in [2.45, 2.75) is 12.8 Å². The predicted molar refractivity (Wildman–Crippen MR) is 60.8 cm³/mol. The molecule has 0 bridgehead atoms. The third-order valence-electron chi connectivity index (χ3n) is 2.80. The molecule has 1 aliphatic heterocycles. The monoisotopic (exact) mass is 217 g/mol. The lowest BCUT2D eigenvalue weighted by Crippen LogP contribution is -2.31. The van der Waals surface area contributed by atoms with Gasteiger partial charge in [0, 0.05) is 6.54 Å². The lowest BCUT2D eigenvalue weighted by molar-refractivity contribution is 0.389. The number of nitrogens with one attached hydrogen (secondary N) is 2. The van der Waals surface area contributed by atoms with Gasteiger partial charge in [0.1, 0.15) is 11.9 Å². The molecule has 0 amide bonds. The van der Waals surface area contributed by atoms with Crippen molar-refractivity contribution in [2.75, 3.05) is 25.0 Å². The summed E-state index contributed by atoms with van der Waals surface area (Å²) in [7, 11) is 0. The first-order valence-corrected chi connectivity index (χ1v) is 5.55. The van der Waals surface area contributed by atoms with E-state index in [0.29, 0.717) is 11.6 Å². The quantitative estimate of drug-likeness (QED) is 0.782. The number of hydrogen-bond acceptors (Lipinski definition) is 5. The van der Waals surface area contributed by atoms with Gasteiger partial charge in [0.2, 0.25) is 0 Å². The van der Waals surface area contributed by atoms with Gasteiger partial charge >= 0.3 is 0 Å². The van der Waals surface area contributed by atoms with Gasteiger partial charge in [0.05, 0.1) is 12.4 Å². The van der Waals surface area contributed by atoms with Crippen molar-refractivity contribution in [1.82, 2.24) is 15.3 Å². The van der Waals surface area contributed by atoms with Crippen LogP contribution in [0, 0.1) is 17.2 Å². The lowest BCUT2D eigenvalue weighted by atomic mass is 9.98. The number of anilines is 1. The van der Waals surface area contributed by atoms with E-state index in [1.807, 2.05) is 6.07 Å². The van der Waals surface area contributed by atoms with Crippen LogP contribution in [0.2, 0.25) is 0 Å². The first-order chi connectivity index (χ1) is 7.88. The molecule has 0 aliphatic carbocycles. The highest BCUT2D eigenvalue weighted by molar-refractivity contribution is 5.33. The Bertz CT molecular complexity index is 361. The molecule has 0 radical (unpaired) electrons. The Morgan fingerprint density at radius 3 is 2.81 bits per heavy atom. The summed E-state index contributed by atoms with van der Waals surface area (Å²) in [5, 5.41) is 15.2. The fourth-order valence-electron chi connectivity index (χ4n) is 1.81. The first-order valence-electron chi connectivity index (χ1n) is 5.55. The second kappa shape index (κ2) is 5.42. The Morgan fingerprint density at radius 2 is 2.19 bits per heavy atom. The molecule has 0 atom stereocenters. The van der Waals surface area contributed by atoms with Crippen molar-refractivity contribution in [1.29, 1.82) is 5.26 Å². The van der Waals surface area contributed by atoms with Gasteiger partial charge in [0.25, 0.3) is 0 Å². The average Bonchev–Trinajstić information content (AvgIpc) is 2.38. The summed E-state index contributed by atoms with van der Waals surface area (Å²) in [6.07, 6.45) is 5.51. The SMILES string of the molecule is N#Cc1cnc(NCC2CCNCC2)cn1. The van der Waals surface area contributed by atoms with Crippen LogP contribution in [0.15, 0.2) is 12.4 Å². The highest BCUT2D eigenvalue weighted by Crippen LogP contribution is 2.12. The van der Waals surface area contributed by atoms with E-state index < -0.39 is 0 Å². The molecular formula is C11H15N5. The molecule has 0 saturated carbocycles. The zero-order valence-electron chi connectivity index (χ0n) is 9.11. The van der Waals surface area contributed by atoms with Crippen molar-refractivity contribution in [3.05, 3.63) is 18.1 Å². The van der Waals surface area contributed by atoms with Crippen LogP contribution in [0.4, 0.5) is 5.82 Å². The molecule has 1 aliphatic rings. The van der Waals surface area contributed by atoms with Crippen LogP contribution >= 0.6 is 0 Å². The Morgan fingerprint density at radius 1 is 1.38 bits per heavy atom. The third-order valence-corrected chi connectivity index (χ3v) is 2.80. The molecule has 0 spiro atoms. The summed E-state index contributed by atoms with van der Waals surface area (Å²) in [5.41, 5.74) is 0.354. The largest absolute Gasteiger partial charge is 0.369 e. The van der Waals surface area contributed by atoms with Gasteiger partial charge in [-0.1, -0.05) is 0 Å². The fourth-order valence-corrected chi connectivity index (χ4v) is 1.81. The van der Waals surface area contributed by atoms with E-state index in [4.69, 9.17) is 5.26 Å². The molecule has 1 aromatic rings. The minimum Gasteiger partial charge on any atom is -0.369 e. The topological polar surface area (TPSA) is 73.6 Å². The molecule has 5 nitrogen and oxygen atoms in total. The first kappa shape index (κ1) is 10.8. The van der Waals surface area contributed by atoms with Crippen LogP contribution < -0.4 is 10.6 Å². The van der Waals surface area contributed by atoms with Gasteiger partial charge in [-0.25, -0.2) is 9.97 Å². The summed E-state index contributed by atoms with van der Waals surface area (Å²) in [6, 6.07) is 1.95. The van der Waals surface area contributed by atoms with Crippen LogP contribution in [-0.2, 0) is 0 Å². The van der Waals surface area contributed by atoms with Crippen molar-refractivity contribution >= 4 is 5.82 Å². The van der Waals surface area contributed by atoms with E-state index in [2.05, 4.69) is 20.6 Å². The standard InChI is InChI=1S/C11H15N5/c12-5-10-7-16-11(8-14-10)15-6-9-1-3-13-4-2-9/h7-9,13H,1-4,6H2,(H,15,16). The van der Waals surface area contributed by atoms with Crippen molar-refractivity contribution in [3.63, 3.8) is 0 Å². The Hall–Kier alpha value is -1.67. The summed E-state index contributed by atoms with van der Waals surface area (Å²) >= 11 is 0. The van der Waals surface area contributed by atoms with Crippen LogP contribution in [0.1, 0.15) is 18.5 Å². The summed E-state index contributed by atoms with van der Waals surface area (Å²) in [5.74, 6) is 1.45. The maximum absolute atomic E-state index is 8.58. The van der Waals surface area contributed by atoms with E-state index in [-0.39, 0.29) is 0 Å². The predicted octanol–water partition coefficient (Wildman–Crippen LogP) is 0.760. The van der Waals surface area contributed by atoms with Gasteiger partial charge in [-0.05, 0) is 31.8 Å². The number of piperidine rings is 1. The van der Waals surface area contributed by atoms with Crippen molar-refractivity contribution in [3.8, 4) is 6.07 Å². The molecule has 1 aromatic heterocycles. The second-order valence-electron chi connectivity index (χ2n) is 3.97. The van der Waals surface area contributed by atoms with Crippen LogP contribution in [-0.4, -0.2) is 29.6 Å². The van der Waals surface area contributed by atoms with Crippen LogP contribution in [0.3, 0.4) is 0 Å². The highest BCUT2D eigenvalue weighted by atomic mass is 15.0. The van der Waals surface area contributed by atoms with E-state index in [1.165, 1.54) is 19.0 Å². The van der Waals surface area contributed by atoms with Gasteiger partial charge in [0.15, 0.2) is 5.69 Å². The summed E-state index contributed by atoms with van der Waals surface area (Å²) < 4.78 is 0. The fraction of sp³-hybridized carbons (Fsp3) is 0.545. The normalized spacial score (nSPS) is 16.7. The lowest BCUT2D eigenvalue weighted by Gasteiger charge is -2.22. The average molecular weight is 217 g/mol. The molecular weight excluding hydrogens is 202 g/mol. The van der Waals surface area contributed by atoms with E-state index in [0.717, 1.165) is 25.5 Å². The summed E-state index contributed by atoms with van der Waals surface area (Å²) in [6.45, 7) is 3.14. The number of aromatic nitrogens is 2. The van der Waals surface area contributed by atoms with Crippen molar-refractivity contribution in [2.24, 2.45) is 5.92 Å². The molecule has 2 heterocycles. The molecule has 16 heavy (non-hydrogen) atoms. The molecule has 2 rings (SSSR count). The maximum Gasteiger partial charge on any atom is 0.158 e. The Balaban J connectivity index is 1.82. The van der Waals surface area contributed by atoms with Crippen LogP contribution in [0.5, 0.6) is 0 Å². The van der Waals surface area contributed by atoms with Gasteiger partial charge in [-0.15, -0.1) is 0 Å². The second-order valence-corrected chi connectivity index (χ2v) is 3.97. The van der Waals surface area contributed by atoms with Gasteiger partial charge in [-0.3, -0.25) is 0 Å². The zero-order chi connectivity index (χ0) is 11.2. The molecule has 2 N–H and O–H groups in total. The molecule has 1 saturated heterocycles. The number of hydrogen-bond donors (Lipinski definition) is 2. The Labute approximate surface area is 94.9 Å². The molecule has 0 aromatic carbocycles.